The van der Waals surface area contributed by atoms with Gasteiger partial charge in [-0.15, -0.1) is 0 Å². The molecule has 2 fully saturated rings. The van der Waals surface area contributed by atoms with E-state index in [1.807, 2.05) is 13.8 Å². The highest BCUT2D eigenvalue weighted by Crippen LogP contribution is 2.32. The van der Waals surface area contributed by atoms with Crippen molar-refractivity contribution in [1.29, 1.82) is 0 Å². The van der Waals surface area contributed by atoms with E-state index in [0.717, 1.165) is 6.54 Å². The lowest BCUT2D eigenvalue weighted by Crippen LogP contribution is -2.46. The number of hydrogen-bond acceptors (Lipinski definition) is 7. The molecule has 0 amide bonds. The van der Waals surface area contributed by atoms with Crippen LogP contribution >= 0.6 is 16.9 Å². The fourth-order valence-electron chi connectivity index (χ4n) is 2.63. The van der Waals surface area contributed by atoms with Crippen LogP contribution in [-0.4, -0.2) is 68.5 Å². The molecule has 0 saturated carbocycles. The average Bonchev–Trinajstić information content (AvgIpc) is 2.50. The second-order valence-corrected chi connectivity index (χ2v) is 7.51. The zero-order valence-corrected chi connectivity index (χ0v) is 14.8. The predicted molar refractivity (Wildman–Crippen MR) is 81.6 cm³/mol. The molecule has 10 heteroatoms. The molecule has 1 N–H and O–H groups in total. The van der Waals surface area contributed by atoms with Crippen molar-refractivity contribution in [2.45, 2.75) is 38.3 Å². The Balaban J connectivity index is 1.76. The standard InChI is InChI=1S/C12H24N2O6P2/c1-9-3-13-4-11(19-9)8-18-22(16)14-5-10(2)20-12(6-14)7-17-21-15/h9-13,22H,3-8H2,1-2H3/t9-,10-,11-,12-/m0/s1. The minimum absolute atomic E-state index is 0.0733. The predicted octanol–water partition coefficient (Wildman–Crippen LogP) is 1.08. The van der Waals surface area contributed by atoms with E-state index in [0.29, 0.717) is 26.2 Å². The van der Waals surface area contributed by atoms with Crippen LogP contribution in [0.3, 0.4) is 0 Å². The molecule has 2 aliphatic rings. The Kier molecular flexibility index (Phi) is 7.88. The molecule has 0 aromatic heterocycles. The second kappa shape index (κ2) is 9.40. The SMILES string of the molecule is C[C@H]1CNC[C@@H](CO[PH](=O)N2C[C@@H](COP=O)O[C@@H](C)C2)O1. The number of hydrogen-bond donors (Lipinski definition) is 1. The number of nitrogens with zero attached hydrogens (tertiary/aromatic N) is 1. The first-order chi connectivity index (χ1) is 10.6. The molecule has 2 aliphatic heterocycles. The first-order valence-corrected chi connectivity index (χ1v) is 9.45. The third-order valence-electron chi connectivity index (χ3n) is 3.52. The van der Waals surface area contributed by atoms with Crippen LogP contribution in [0.25, 0.3) is 0 Å². The summed E-state index contributed by atoms with van der Waals surface area (Å²) in [6.07, 6.45) is -0.262. The summed E-state index contributed by atoms with van der Waals surface area (Å²) in [6, 6.07) is 0. The number of morpholine rings is 2. The third kappa shape index (κ3) is 5.95. The van der Waals surface area contributed by atoms with Crippen LogP contribution < -0.4 is 5.32 Å². The third-order valence-corrected chi connectivity index (χ3v) is 5.07. The van der Waals surface area contributed by atoms with Gasteiger partial charge in [0.05, 0.1) is 37.6 Å². The molecule has 0 bridgehead atoms. The van der Waals surface area contributed by atoms with E-state index >= 15 is 0 Å². The van der Waals surface area contributed by atoms with Crippen LogP contribution in [-0.2, 0) is 27.7 Å². The summed E-state index contributed by atoms with van der Waals surface area (Å²) in [5.74, 6) is 0. The summed E-state index contributed by atoms with van der Waals surface area (Å²) in [7, 11) is -2.71. The summed E-state index contributed by atoms with van der Waals surface area (Å²) >= 11 is 0. The van der Waals surface area contributed by atoms with Gasteiger partial charge in [-0.2, -0.15) is 0 Å². The van der Waals surface area contributed by atoms with Gasteiger partial charge < -0.3 is 19.3 Å². The molecule has 5 atom stereocenters. The van der Waals surface area contributed by atoms with Gasteiger partial charge in [0, 0.05) is 26.2 Å². The Morgan fingerprint density at radius 3 is 2.68 bits per heavy atom. The van der Waals surface area contributed by atoms with E-state index < -0.39 is 8.18 Å². The van der Waals surface area contributed by atoms with Gasteiger partial charge in [-0.1, -0.05) is 0 Å². The second-order valence-electron chi connectivity index (χ2n) is 5.65. The van der Waals surface area contributed by atoms with E-state index in [2.05, 4.69) is 5.32 Å². The van der Waals surface area contributed by atoms with E-state index in [9.17, 15) is 9.13 Å². The molecule has 0 radical (unpaired) electrons. The van der Waals surface area contributed by atoms with Crippen LogP contribution in [0.1, 0.15) is 13.8 Å². The summed E-state index contributed by atoms with van der Waals surface area (Å²) < 4.78 is 46.2. The van der Waals surface area contributed by atoms with Crippen molar-refractivity contribution < 1.29 is 27.7 Å². The summed E-state index contributed by atoms with van der Waals surface area (Å²) in [4.78, 5) is 0. The molecule has 0 aliphatic carbocycles. The van der Waals surface area contributed by atoms with Crippen molar-refractivity contribution in [1.82, 2.24) is 9.99 Å². The molecule has 8 nitrogen and oxygen atoms in total. The van der Waals surface area contributed by atoms with Crippen molar-refractivity contribution in [3.8, 4) is 0 Å². The summed E-state index contributed by atoms with van der Waals surface area (Å²) in [5, 5.41) is 3.25. The van der Waals surface area contributed by atoms with Crippen molar-refractivity contribution in [3.05, 3.63) is 0 Å². The van der Waals surface area contributed by atoms with Crippen LogP contribution in [0.4, 0.5) is 0 Å². The molecule has 128 valence electrons. The van der Waals surface area contributed by atoms with Crippen LogP contribution in [0.5, 0.6) is 0 Å². The molecule has 2 saturated heterocycles. The number of nitrogens with one attached hydrogen (secondary N) is 1. The first kappa shape index (κ1) is 18.4. The van der Waals surface area contributed by atoms with Gasteiger partial charge in [-0.05, 0) is 13.8 Å². The summed E-state index contributed by atoms with van der Waals surface area (Å²) in [5.41, 5.74) is 0. The van der Waals surface area contributed by atoms with Crippen LogP contribution in [0.15, 0.2) is 0 Å². The molecule has 0 aromatic rings. The maximum absolute atomic E-state index is 12.3. The van der Waals surface area contributed by atoms with E-state index in [-0.39, 0.29) is 39.7 Å². The molecule has 2 rings (SSSR count). The Morgan fingerprint density at radius 1 is 1.18 bits per heavy atom. The average molecular weight is 354 g/mol. The maximum Gasteiger partial charge on any atom is 0.327 e. The van der Waals surface area contributed by atoms with Gasteiger partial charge in [-0.25, -0.2) is 9.24 Å². The molecular weight excluding hydrogens is 330 g/mol. The number of ether oxygens (including phenoxy) is 2. The zero-order chi connectivity index (χ0) is 15.9. The topological polar surface area (TPSA) is 86.3 Å². The molecule has 0 spiro atoms. The van der Waals surface area contributed by atoms with Gasteiger partial charge in [-0.3, -0.25) is 9.09 Å². The Hall–Kier alpha value is 0.0900. The Labute approximate surface area is 133 Å². The van der Waals surface area contributed by atoms with E-state index in [4.69, 9.17) is 18.5 Å². The van der Waals surface area contributed by atoms with Crippen molar-refractivity contribution in [3.63, 3.8) is 0 Å². The van der Waals surface area contributed by atoms with Crippen molar-refractivity contribution in [2.24, 2.45) is 0 Å². The minimum atomic E-state index is -2.34. The lowest BCUT2D eigenvalue weighted by molar-refractivity contribution is -0.0741. The highest BCUT2D eigenvalue weighted by Gasteiger charge is 2.29. The smallest absolute Gasteiger partial charge is 0.327 e. The highest BCUT2D eigenvalue weighted by atomic mass is 31.1. The fourth-order valence-corrected chi connectivity index (χ4v) is 4.12. The summed E-state index contributed by atoms with van der Waals surface area (Å²) in [6.45, 7) is 6.92. The van der Waals surface area contributed by atoms with E-state index in [1.54, 1.807) is 4.67 Å². The van der Waals surface area contributed by atoms with Crippen LogP contribution in [0.2, 0.25) is 0 Å². The molecule has 0 aromatic carbocycles. The van der Waals surface area contributed by atoms with Gasteiger partial charge in [0.1, 0.15) is 0 Å². The van der Waals surface area contributed by atoms with Gasteiger partial charge in [0.25, 0.3) is 8.18 Å². The quantitative estimate of drug-likeness (QED) is 0.680. The van der Waals surface area contributed by atoms with Gasteiger partial charge in [0.2, 0.25) is 0 Å². The molecule has 1 unspecified atom stereocenters. The fraction of sp³-hybridized carbons (Fsp3) is 1.00. The van der Waals surface area contributed by atoms with Crippen LogP contribution in [0, 0.1) is 0 Å². The zero-order valence-electron chi connectivity index (χ0n) is 12.9. The van der Waals surface area contributed by atoms with Crippen molar-refractivity contribution in [2.75, 3.05) is 39.4 Å². The van der Waals surface area contributed by atoms with E-state index in [1.165, 1.54) is 0 Å². The Morgan fingerprint density at radius 2 is 1.95 bits per heavy atom. The number of rotatable bonds is 7. The molecular formula is C12H24N2O6P2. The Bertz CT molecular complexity index is 389. The monoisotopic (exact) mass is 354 g/mol. The maximum atomic E-state index is 12.3. The molecule has 2 heterocycles. The lowest BCUT2D eigenvalue weighted by Gasteiger charge is -2.35. The minimum Gasteiger partial charge on any atom is -0.370 e. The van der Waals surface area contributed by atoms with Gasteiger partial charge >= 0.3 is 8.69 Å². The first-order valence-electron chi connectivity index (χ1n) is 7.46. The molecule has 22 heavy (non-hydrogen) atoms. The van der Waals surface area contributed by atoms with Gasteiger partial charge in [0.15, 0.2) is 0 Å². The largest absolute Gasteiger partial charge is 0.370 e. The highest BCUT2D eigenvalue weighted by molar-refractivity contribution is 7.36. The normalized spacial score (nSPS) is 35.5. The van der Waals surface area contributed by atoms with Crippen molar-refractivity contribution >= 4 is 16.9 Å². The lowest BCUT2D eigenvalue weighted by atomic mass is 10.2.